The van der Waals surface area contributed by atoms with Crippen LogP contribution in [0.2, 0.25) is 0 Å². The van der Waals surface area contributed by atoms with Gasteiger partial charge in [0.05, 0.1) is 0 Å². The summed E-state index contributed by atoms with van der Waals surface area (Å²) in [5.41, 5.74) is 1.19. The Morgan fingerprint density at radius 1 is 1.26 bits per heavy atom. The fourth-order valence-corrected chi connectivity index (χ4v) is 2.39. The molecule has 0 saturated heterocycles. The van der Waals surface area contributed by atoms with Crippen LogP contribution in [0, 0.1) is 5.92 Å². The number of carbonyl (C=O) groups is 1. The minimum absolute atomic E-state index is 0.0420. The van der Waals surface area contributed by atoms with Crippen molar-refractivity contribution in [2.75, 3.05) is 19.6 Å². The van der Waals surface area contributed by atoms with Gasteiger partial charge in [-0.15, -0.1) is 0 Å². The number of amides is 1. The number of rotatable bonds is 8. The van der Waals surface area contributed by atoms with Gasteiger partial charge in [0.2, 0.25) is 5.91 Å². The van der Waals surface area contributed by atoms with Crippen molar-refractivity contribution in [3.8, 4) is 0 Å². The van der Waals surface area contributed by atoms with Gasteiger partial charge < -0.3 is 10.6 Å². The molecule has 1 aromatic carbocycles. The molecule has 19 heavy (non-hydrogen) atoms. The number of likely N-dealkylation sites (N-methyl/N-ethyl adjacent to an activating group) is 1. The van der Waals surface area contributed by atoms with Gasteiger partial charge in [-0.3, -0.25) is 4.79 Å². The fraction of sp³-hybridized carbons (Fsp3) is 0.533. The average molecular weight is 327 g/mol. The standard InChI is InChI=1S/C15H23BrN2O/c1-3-12(15(19)18-10-9-17-4-2)11-13-7-5-6-8-14(13)16/h5-8,12,17H,3-4,9-11H2,1-2H3,(H,18,19). The number of carbonyl (C=O) groups excluding carboxylic acids is 1. The van der Waals surface area contributed by atoms with E-state index in [9.17, 15) is 4.79 Å². The Morgan fingerprint density at radius 3 is 2.63 bits per heavy atom. The maximum atomic E-state index is 12.1. The molecule has 1 amide bonds. The van der Waals surface area contributed by atoms with Crippen molar-refractivity contribution in [1.82, 2.24) is 10.6 Å². The molecule has 2 N–H and O–H groups in total. The molecular formula is C15H23BrN2O. The Labute approximate surface area is 124 Å². The Bertz CT molecular complexity index is 395. The van der Waals surface area contributed by atoms with Gasteiger partial charge in [0.1, 0.15) is 0 Å². The molecule has 0 aliphatic heterocycles. The van der Waals surface area contributed by atoms with Crippen molar-refractivity contribution in [3.63, 3.8) is 0 Å². The molecule has 0 fully saturated rings. The predicted octanol–water partition coefficient (Wildman–Crippen LogP) is 2.74. The van der Waals surface area contributed by atoms with Crippen molar-refractivity contribution in [1.29, 1.82) is 0 Å². The monoisotopic (exact) mass is 326 g/mol. The van der Waals surface area contributed by atoms with Crippen LogP contribution in [-0.2, 0) is 11.2 Å². The summed E-state index contributed by atoms with van der Waals surface area (Å²) in [7, 11) is 0. The molecule has 0 heterocycles. The minimum Gasteiger partial charge on any atom is -0.355 e. The Morgan fingerprint density at radius 2 is 2.00 bits per heavy atom. The second-order valence-electron chi connectivity index (χ2n) is 4.55. The van der Waals surface area contributed by atoms with E-state index in [1.54, 1.807) is 0 Å². The summed E-state index contributed by atoms with van der Waals surface area (Å²) in [6.07, 6.45) is 1.64. The summed E-state index contributed by atoms with van der Waals surface area (Å²) in [6.45, 7) is 6.58. The molecule has 0 spiro atoms. The number of benzene rings is 1. The smallest absolute Gasteiger partial charge is 0.223 e. The van der Waals surface area contributed by atoms with Gasteiger partial charge in [-0.2, -0.15) is 0 Å². The first kappa shape index (κ1) is 16.2. The third kappa shape index (κ3) is 5.74. The highest BCUT2D eigenvalue weighted by atomic mass is 79.9. The summed E-state index contributed by atoms with van der Waals surface area (Å²) in [5.74, 6) is 0.191. The van der Waals surface area contributed by atoms with Gasteiger partial charge >= 0.3 is 0 Å². The van der Waals surface area contributed by atoms with Gasteiger partial charge in [0.15, 0.2) is 0 Å². The highest BCUT2D eigenvalue weighted by Crippen LogP contribution is 2.20. The summed E-state index contributed by atoms with van der Waals surface area (Å²) >= 11 is 3.53. The highest BCUT2D eigenvalue weighted by molar-refractivity contribution is 9.10. The molecule has 1 rings (SSSR count). The third-order valence-electron chi connectivity index (χ3n) is 3.14. The molecule has 0 radical (unpaired) electrons. The van der Waals surface area contributed by atoms with Crippen molar-refractivity contribution in [3.05, 3.63) is 34.3 Å². The van der Waals surface area contributed by atoms with Crippen LogP contribution in [0.15, 0.2) is 28.7 Å². The molecule has 106 valence electrons. The Balaban J connectivity index is 2.48. The summed E-state index contributed by atoms with van der Waals surface area (Å²) < 4.78 is 1.08. The van der Waals surface area contributed by atoms with E-state index in [1.165, 1.54) is 5.56 Å². The van der Waals surface area contributed by atoms with Crippen LogP contribution >= 0.6 is 15.9 Å². The number of halogens is 1. The van der Waals surface area contributed by atoms with E-state index in [0.29, 0.717) is 6.54 Å². The van der Waals surface area contributed by atoms with E-state index < -0.39 is 0 Å². The number of hydrogen-bond donors (Lipinski definition) is 2. The summed E-state index contributed by atoms with van der Waals surface area (Å²) in [5, 5.41) is 6.19. The van der Waals surface area contributed by atoms with E-state index in [-0.39, 0.29) is 11.8 Å². The minimum atomic E-state index is 0.0420. The Kier molecular flexibility index (Phi) is 7.75. The first-order chi connectivity index (χ1) is 9.19. The molecule has 4 heteroatoms. The van der Waals surface area contributed by atoms with Crippen molar-refractivity contribution in [2.24, 2.45) is 5.92 Å². The van der Waals surface area contributed by atoms with E-state index in [0.717, 1.165) is 30.4 Å². The molecule has 1 aromatic rings. The van der Waals surface area contributed by atoms with Crippen molar-refractivity contribution < 1.29 is 4.79 Å². The van der Waals surface area contributed by atoms with E-state index >= 15 is 0 Å². The zero-order valence-corrected chi connectivity index (χ0v) is 13.3. The lowest BCUT2D eigenvalue weighted by Gasteiger charge is -2.16. The summed E-state index contributed by atoms with van der Waals surface area (Å²) in [6, 6.07) is 8.09. The zero-order valence-electron chi connectivity index (χ0n) is 11.7. The largest absolute Gasteiger partial charge is 0.355 e. The van der Waals surface area contributed by atoms with Gasteiger partial charge in [-0.1, -0.05) is 48.0 Å². The molecular weight excluding hydrogens is 304 g/mol. The van der Waals surface area contributed by atoms with E-state index in [1.807, 2.05) is 18.2 Å². The lowest BCUT2D eigenvalue weighted by atomic mass is 9.96. The summed E-state index contributed by atoms with van der Waals surface area (Å²) in [4.78, 5) is 12.1. The molecule has 0 aliphatic carbocycles. The predicted molar refractivity (Wildman–Crippen MR) is 83.2 cm³/mol. The molecule has 0 saturated carbocycles. The van der Waals surface area contributed by atoms with Gasteiger partial charge in [-0.25, -0.2) is 0 Å². The molecule has 0 aliphatic rings. The normalized spacial score (nSPS) is 12.2. The zero-order chi connectivity index (χ0) is 14.1. The maximum absolute atomic E-state index is 12.1. The SMILES string of the molecule is CCNCCNC(=O)C(CC)Cc1ccccc1Br. The van der Waals surface area contributed by atoms with Crippen LogP contribution in [0.5, 0.6) is 0 Å². The first-order valence-corrected chi connectivity index (χ1v) is 7.70. The van der Waals surface area contributed by atoms with E-state index in [2.05, 4.69) is 46.5 Å². The third-order valence-corrected chi connectivity index (χ3v) is 3.91. The van der Waals surface area contributed by atoms with Crippen molar-refractivity contribution in [2.45, 2.75) is 26.7 Å². The quantitative estimate of drug-likeness (QED) is 0.721. The van der Waals surface area contributed by atoms with Gasteiger partial charge in [-0.05, 0) is 31.0 Å². The number of hydrogen-bond acceptors (Lipinski definition) is 2. The van der Waals surface area contributed by atoms with Crippen molar-refractivity contribution >= 4 is 21.8 Å². The topological polar surface area (TPSA) is 41.1 Å². The lowest BCUT2D eigenvalue weighted by Crippen LogP contribution is -2.36. The van der Waals surface area contributed by atoms with Crippen LogP contribution in [-0.4, -0.2) is 25.5 Å². The molecule has 3 nitrogen and oxygen atoms in total. The van der Waals surface area contributed by atoms with Crippen LogP contribution in [0.3, 0.4) is 0 Å². The van der Waals surface area contributed by atoms with Crippen LogP contribution in [0.1, 0.15) is 25.8 Å². The lowest BCUT2D eigenvalue weighted by molar-refractivity contribution is -0.125. The fourth-order valence-electron chi connectivity index (χ4n) is 1.95. The number of nitrogens with one attached hydrogen (secondary N) is 2. The highest BCUT2D eigenvalue weighted by Gasteiger charge is 2.17. The van der Waals surface area contributed by atoms with Crippen LogP contribution in [0.25, 0.3) is 0 Å². The molecule has 1 atom stereocenters. The molecule has 0 bridgehead atoms. The average Bonchev–Trinajstić information content (AvgIpc) is 2.42. The maximum Gasteiger partial charge on any atom is 0.223 e. The second kappa shape index (κ2) is 9.10. The van der Waals surface area contributed by atoms with Crippen LogP contribution in [0.4, 0.5) is 0 Å². The van der Waals surface area contributed by atoms with E-state index in [4.69, 9.17) is 0 Å². The second-order valence-corrected chi connectivity index (χ2v) is 5.40. The Hall–Kier alpha value is -0.870. The van der Waals surface area contributed by atoms with Gasteiger partial charge in [0.25, 0.3) is 0 Å². The van der Waals surface area contributed by atoms with Crippen LogP contribution < -0.4 is 10.6 Å². The van der Waals surface area contributed by atoms with Gasteiger partial charge in [0, 0.05) is 23.5 Å². The molecule has 1 unspecified atom stereocenters. The first-order valence-electron chi connectivity index (χ1n) is 6.90. The molecule has 0 aromatic heterocycles.